The van der Waals surface area contributed by atoms with E-state index in [-0.39, 0.29) is 11.9 Å². The fourth-order valence-corrected chi connectivity index (χ4v) is 1.98. The molecule has 1 aliphatic rings. The molecule has 0 aliphatic carbocycles. The molecule has 0 unspecified atom stereocenters. The fraction of sp³-hybridized carbons (Fsp3) is 0.700. The monoisotopic (exact) mass is 240 g/mol. The lowest BCUT2D eigenvalue weighted by molar-refractivity contribution is -0.393. The van der Waals surface area contributed by atoms with Gasteiger partial charge in [0.15, 0.2) is 0 Å². The molecule has 0 radical (unpaired) electrons. The highest BCUT2D eigenvalue weighted by atomic mass is 16.6. The molecular weight excluding hydrogens is 224 g/mol. The number of hydrogen-bond donors (Lipinski definition) is 0. The molecule has 1 aromatic rings. The Balaban J connectivity index is 2.09. The standard InChI is InChI=1S/C10H16N4O3/c1-8-5-10(14(15)16)13(11-8)7-9-6-12(2)3-4-17-9/h5,9H,3-4,6-7H2,1-2H3/t9-/m1/s1. The van der Waals surface area contributed by atoms with Crippen molar-refractivity contribution in [3.05, 3.63) is 21.9 Å². The van der Waals surface area contributed by atoms with E-state index in [1.165, 1.54) is 10.7 Å². The molecule has 2 rings (SSSR count). The van der Waals surface area contributed by atoms with E-state index in [2.05, 4.69) is 10.00 Å². The minimum atomic E-state index is -0.410. The molecule has 17 heavy (non-hydrogen) atoms. The molecule has 0 N–H and O–H groups in total. The van der Waals surface area contributed by atoms with Crippen LogP contribution in [-0.4, -0.2) is 52.5 Å². The highest BCUT2D eigenvalue weighted by molar-refractivity contribution is 5.22. The van der Waals surface area contributed by atoms with E-state index < -0.39 is 4.92 Å². The van der Waals surface area contributed by atoms with Crippen LogP contribution in [0.2, 0.25) is 0 Å². The first kappa shape index (κ1) is 12.0. The van der Waals surface area contributed by atoms with Crippen LogP contribution in [0.25, 0.3) is 0 Å². The Bertz CT molecular complexity index is 418. The van der Waals surface area contributed by atoms with Crippen molar-refractivity contribution in [1.29, 1.82) is 0 Å². The highest BCUT2D eigenvalue weighted by Gasteiger charge is 2.24. The smallest absolute Gasteiger partial charge is 0.345 e. The van der Waals surface area contributed by atoms with Gasteiger partial charge in [-0.25, -0.2) is 0 Å². The summed E-state index contributed by atoms with van der Waals surface area (Å²) in [5.74, 6) is 0.0272. The zero-order chi connectivity index (χ0) is 12.4. The third-order valence-electron chi connectivity index (χ3n) is 2.79. The first-order valence-corrected chi connectivity index (χ1v) is 5.55. The predicted molar refractivity (Wildman–Crippen MR) is 60.9 cm³/mol. The third kappa shape index (κ3) is 2.80. The van der Waals surface area contributed by atoms with Gasteiger partial charge in [-0.1, -0.05) is 5.10 Å². The summed E-state index contributed by atoms with van der Waals surface area (Å²) < 4.78 is 6.99. The van der Waals surface area contributed by atoms with Gasteiger partial charge in [0.1, 0.15) is 12.6 Å². The molecule has 1 aliphatic heterocycles. The minimum absolute atomic E-state index is 0.0272. The van der Waals surface area contributed by atoms with E-state index >= 15 is 0 Å². The number of likely N-dealkylation sites (N-methyl/N-ethyl adjacent to an activating group) is 1. The van der Waals surface area contributed by atoms with Crippen molar-refractivity contribution < 1.29 is 9.66 Å². The van der Waals surface area contributed by atoms with Crippen LogP contribution in [0.5, 0.6) is 0 Å². The summed E-state index contributed by atoms with van der Waals surface area (Å²) in [7, 11) is 2.01. The van der Waals surface area contributed by atoms with Gasteiger partial charge in [-0.2, -0.15) is 0 Å². The van der Waals surface area contributed by atoms with Gasteiger partial charge in [0.05, 0.1) is 18.4 Å². The van der Waals surface area contributed by atoms with E-state index in [0.29, 0.717) is 18.8 Å². The lowest BCUT2D eigenvalue weighted by Crippen LogP contribution is -2.42. The van der Waals surface area contributed by atoms with E-state index in [0.717, 1.165) is 13.1 Å². The van der Waals surface area contributed by atoms with Gasteiger partial charge in [0.25, 0.3) is 0 Å². The van der Waals surface area contributed by atoms with E-state index in [4.69, 9.17) is 4.74 Å². The first-order chi connectivity index (χ1) is 8.06. The minimum Gasteiger partial charge on any atom is -0.371 e. The van der Waals surface area contributed by atoms with Gasteiger partial charge < -0.3 is 19.8 Å². The molecule has 1 aromatic heterocycles. The summed E-state index contributed by atoms with van der Waals surface area (Å²) in [6, 6.07) is 1.48. The Labute approximate surface area is 99.1 Å². The molecule has 0 saturated carbocycles. The van der Waals surface area contributed by atoms with E-state index in [1.54, 1.807) is 6.92 Å². The van der Waals surface area contributed by atoms with Crippen LogP contribution < -0.4 is 0 Å². The number of aryl methyl sites for hydroxylation is 1. The molecule has 1 saturated heterocycles. The SMILES string of the molecule is Cc1cc([N+](=O)[O-])n(C[C@H]2CN(C)CCO2)n1. The highest BCUT2D eigenvalue weighted by Crippen LogP contribution is 2.15. The molecule has 1 fully saturated rings. The average molecular weight is 240 g/mol. The van der Waals surface area contributed by atoms with Gasteiger partial charge in [-0.3, -0.25) is 0 Å². The van der Waals surface area contributed by atoms with Crippen LogP contribution >= 0.6 is 0 Å². The van der Waals surface area contributed by atoms with Crippen LogP contribution in [0.4, 0.5) is 5.82 Å². The molecule has 2 heterocycles. The molecule has 0 aromatic carbocycles. The van der Waals surface area contributed by atoms with E-state index in [1.807, 2.05) is 7.05 Å². The molecule has 7 heteroatoms. The summed E-state index contributed by atoms with van der Waals surface area (Å²) in [6.45, 7) is 4.51. The second-order valence-corrected chi connectivity index (χ2v) is 4.34. The quantitative estimate of drug-likeness (QED) is 0.566. The molecule has 0 amide bonds. The Morgan fingerprint density at radius 2 is 2.47 bits per heavy atom. The zero-order valence-electron chi connectivity index (χ0n) is 10.00. The number of aromatic nitrogens is 2. The number of rotatable bonds is 3. The van der Waals surface area contributed by atoms with Crippen LogP contribution in [-0.2, 0) is 11.3 Å². The van der Waals surface area contributed by atoms with Crippen LogP contribution in [0.15, 0.2) is 6.07 Å². The molecular formula is C10H16N4O3. The van der Waals surface area contributed by atoms with Gasteiger partial charge in [0.2, 0.25) is 0 Å². The summed E-state index contributed by atoms with van der Waals surface area (Å²) >= 11 is 0. The van der Waals surface area contributed by atoms with Crippen LogP contribution in [0, 0.1) is 17.0 Å². The lowest BCUT2D eigenvalue weighted by atomic mass is 10.3. The maximum Gasteiger partial charge on any atom is 0.345 e. The van der Waals surface area contributed by atoms with E-state index in [9.17, 15) is 10.1 Å². The molecule has 0 bridgehead atoms. The molecule has 1 atom stereocenters. The van der Waals surface area contributed by atoms with Gasteiger partial charge in [-0.05, 0) is 18.9 Å². The second kappa shape index (κ2) is 4.80. The number of nitro groups is 1. The van der Waals surface area contributed by atoms with Crippen LogP contribution in [0.1, 0.15) is 5.69 Å². The maximum atomic E-state index is 10.8. The van der Waals surface area contributed by atoms with Gasteiger partial charge in [0, 0.05) is 13.1 Å². The number of hydrogen-bond acceptors (Lipinski definition) is 5. The Morgan fingerprint density at radius 3 is 3.12 bits per heavy atom. The Morgan fingerprint density at radius 1 is 1.71 bits per heavy atom. The average Bonchev–Trinajstić information content (AvgIpc) is 2.59. The van der Waals surface area contributed by atoms with Crippen molar-refractivity contribution in [3.63, 3.8) is 0 Å². The summed E-state index contributed by atoms with van der Waals surface area (Å²) in [6.07, 6.45) is -0.0354. The second-order valence-electron chi connectivity index (χ2n) is 4.34. The summed E-state index contributed by atoms with van der Waals surface area (Å²) in [5.41, 5.74) is 0.654. The molecule has 7 nitrogen and oxygen atoms in total. The fourth-order valence-electron chi connectivity index (χ4n) is 1.98. The Kier molecular flexibility index (Phi) is 3.39. The maximum absolute atomic E-state index is 10.8. The zero-order valence-corrected chi connectivity index (χ0v) is 10.00. The van der Waals surface area contributed by atoms with Gasteiger partial charge in [-0.15, -0.1) is 4.68 Å². The van der Waals surface area contributed by atoms with Crippen molar-refractivity contribution >= 4 is 5.82 Å². The van der Waals surface area contributed by atoms with Crippen molar-refractivity contribution in [2.24, 2.45) is 0 Å². The lowest BCUT2D eigenvalue weighted by Gasteiger charge is -2.28. The Hall–Kier alpha value is -1.47. The number of nitrogens with zero attached hydrogens (tertiary/aromatic N) is 4. The predicted octanol–water partition coefficient (Wildman–Crippen LogP) is 0.430. The van der Waals surface area contributed by atoms with Crippen molar-refractivity contribution in [2.75, 3.05) is 26.7 Å². The molecule has 94 valence electrons. The van der Waals surface area contributed by atoms with Gasteiger partial charge >= 0.3 is 5.82 Å². The topological polar surface area (TPSA) is 73.4 Å². The van der Waals surface area contributed by atoms with Crippen molar-refractivity contribution in [3.8, 4) is 0 Å². The third-order valence-corrected chi connectivity index (χ3v) is 2.79. The number of ether oxygens (including phenoxy) is 1. The summed E-state index contributed by atoms with van der Waals surface area (Å²) in [5, 5.41) is 15.0. The number of morpholine rings is 1. The van der Waals surface area contributed by atoms with Crippen molar-refractivity contribution in [1.82, 2.24) is 14.7 Å². The largest absolute Gasteiger partial charge is 0.371 e. The van der Waals surface area contributed by atoms with Crippen LogP contribution in [0.3, 0.4) is 0 Å². The summed E-state index contributed by atoms with van der Waals surface area (Å²) in [4.78, 5) is 12.6. The molecule has 0 spiro atoms. The van der Waals surface area contributed by atoms with Crippen molar-refractivity contribution in [2.45, 2.75) is 19.6 Å². The first-order valence-electron chi connectivity index (χ1n) is 5.55. The normalized spacial score (nSPS) is 21.6.